The second-order valence-electron chi connectivity index (χ2n) is 11.3. The third kappa shape index (κ3) is 7.51. The molecular formula is C30H40N4O6. The van der Waals surface area contributed by atoms with Crippen LogP contribution in [0, 0.1) is 6.92 Å². The van der Waals surface area contributed by atoms with Crippen molar-refractivity contribution in [1.29, 1.82) is 0 Å². The predicted molar refractivity (Wildman–Crippen MR) is 150 cm³/mol. The third-order valence-corrected chi connectivity index (χ3v) is 7.23. The average Bonchev–Trinajstić information content (AvgIpc) is 3.01. The molecule has 40 heavy (non-hydrogen) atoms. The van der Waals surface area contributed by atoms with Crippen LogP contribution in [0.15, 0.2) is 48.5 Å². The Morgan fingerprint density at radius 1 is 0.975 bits per heavy atom. The van der Waals surface area contributed by atoms with Crippen LogP contribution in [0.3, 0.4) is 0 Å². The monoisotopic (exact) mass is 552 g/mol. The van der Waals surface area contributed by atoms with Gasteiger partial charge in [0.15, 0.2) is 0 Å². The van der Waals surface area contributed by atoms with E-state index < -0.39 is 11.1 Å². The summed E-state index contributed by atoms with van der Waals surface area (Å²) in [6.07, 6.45) is 0.528. The molecule has 10 nitrogen and oxygen atoms in total. The molecule has 0 saturated carbocycles. The Balaban J connectivity index is 1.29. The average molecular weight is 553 g/mol. The number of amides is 4. The first-order chi connectivity index (χ1) is 18.9. The van der Waals surface area contributed by atoms with Gasteiger partial charge in [-0.1, -0.05) is 29.8 Å². The van der Waals surface area contributed by atoms with Gasteiger partial charge >= 0.3 is 6.03 Å². The summed E-state index contributed by atoms with van der Waals surface area (Å²) in [6, 6.07) is 15.0. The Morgan fingerprint density at radius 2 is 1.62 bits per heavy atom. The summed E-state index contributed by atoms with van der Waals surface area (Å²) < 4.78 is 11.8. The number of imide groups is 1. The number of hydrogen-bond donors (Lipinski definition) is 2. The Bertz CT molecular complexity index is 1200. The second-order valence-corrected chi connectivity index (χ2v) is 11.3. The van der Waals surface area contributed by atoms with E-state index in [1.165, 1.54) is 11.8 Å². The molecule has 0 aliphatic carbocycles. The number of ether oxygens (including phenoxy) is 2. The molecule has 1 atom stereocenters. The molecule has 1 unspecified atom stereocenters. The van der Waals surface area contributed by atoms with Gasteiger partial charge in [0.25, 0.3) is 5.91 Å². The highest BCUT2D eigenvalue weighted by atomic mass is 16.5. The van der Waals surface area contributed by atoms with Crippen molar-refractivity contribution in [2.45, 2.75) is 51.8 Å². The molecule has 2 fully saturated rings. The van der Waals surface area contributed by atoms with Gasteiger partial charge in [0.2, 0.25) is 5.91 Å². The van der Waals surface area contributed by atoms with Crippen molar-refractivity contribution in [1.82, 2.24) is 20.0 Å². The van der Waals surface area contributed by atoms with Crippen molar-refractivity contribution < 1.29 is 29.0 Å². The maximum absolute atomic E-state index is 12.3. The van der Waals surface area contributed by atoms with E-state index in [2.05, 4.69) is 10.2 Å². The molecule has 2 aliphatic heterocycles. The number of benzene rings is 2. The minimum atomic E-state index is -1.22. The zero-order valence-electron chi connectivity index (χ0n) is 23.8. The number of aryl methyl sites for hydroxylation is 1. The summed E-state index contributed by atoms with van der Waals surface area (Å²) in [6.45, 7) is 9.98. The highest BCUT2D eigenvalue weighted by Gasteiger charge is 2.43. The van der Waals surface area contributed by atoms with Gasteiger partial charge in [0, 0.05) is 39.6 Å². The van der Waals surface area contributed by atoms with E-state index in [1.54, 1.807) is 18.7 Å². The lowest BCUT2D eigenvalue weighted by Crippen LogP contribution is -2.51. The largest absolute Gasteiger partial charge is 0.494 e. The number of aliphatic hydroxyl groups is 1. The molecule has 2 saturated heterocycles. The fourth-order valence-electron chi connectivity index (χ4n) is 4.97. The number of urea groups is 1. The van der Waals surface area contributed by atoms with E-state index in [1.807, 2.05) is 55.5 Å². The van der Waals surface area contributed by atoms with Gasteiger partial charge in [-0.15, -0.1) is 0 Å². The molecule has 216 valence electrons. The van der Waals surface area contributed by atoms with Gasteiger partial charge in [-0.3, -0.25) is 19.4 Å². The standard InChI is InChI=1S/C30H40N4O6/c1-22-6-10-26(11-7-22)40-21-30(38)19-32(15-16-33(20-30)23(2)35)18-24-8-12-25(13-9-24)39-17-5-14-34-27(36)29(3,4)31-28(34)37/h6-13,38H,5,14-21H2,1-4H3,(H,31,37). The van der Waals surface area contributed by atoms with Gasteiger partial charge < -0.3 is 24.8 Å². The second kappa shape index (κ2) is 12.3. The topological polar surface area (TPSA) is 112 Å². The Morgan fingerprint density at radius 3 is 2.25 bits per heavy atom. The fraction of sp³-hybridized carbons (Fsp3) is 0.500. The van der Waals surface area contributed by atoms with Crippen LogP contribution < -0.4 is 14.8 Å². The number of carbonyl (C=O) groups is 3. The minimum absolute atomic E-state index is 0.0736. The molecule has 0 aromatic heterocycles. The lowest BCUT2D eigenvalue weighted by Gasteiger charge is -2.32. The van der Waals surface area contributed by atoms with Crippen LogP contribution >= 0.6 is 0 Å². The normalized spacial score (nSPS) is 21.2. The molecule has 0 spiro atoms. The lowest BCUT2D eigenvalue weighted by atomic mass is 10.0. The number of carbonyl (C=O) groups excluding carboxylic acids is 3. The van der Waals surface area contributed by atoms with Crippen LogP contribution in [-0.4, -0.2) is 94.7 Å². The van der Waals surface area contributed by atoms with E-state index >= 15 is 0 Å². The van der Waals surface area contributed by atoms with Crippen molar-refractivity contribution in [2.24, 2.45) is 0 Å². The first-order valence-corrected chi connectivity index (χ1v) is 13.7. The van der Waals surface area contributed by atoms with Crippen molar-refractivity contribution >= 4 is 17.8 Å². The highest BCUT2D eigenvalue weighted by Crippen LogP contribution is 2.22. The van der Waals surface area contributed by atoms with Gasteiger partial charge in [-0.2, -0.15) is 0 Å². The minimum Gasteiger partial charge on any atom is -0.494 e. The Kier molecular flexibility index (Phi) is 9.00. The highest BCUT2D eigenvalue weighted by molar-refractivity contribution is 6.06. The molecular weight excluding hydrogens is 512 g/mol. The summed E-state index contributed by atoms with van der Waals surface area (Å²) in [4.78, 5) is 41.5. The van der Waals surface area contributed by atoms with Crippen molar-refractivity contribution in [3.05, 3.63) is 59.7 Å². The Hall–Kier alpha value is -3.63. The van der Waals surface area contributed by atoms with E-state index in [0.29, 0.717) is 57.3 Å². The lowest BCUT2D eigenvalue weighted by molar-refractivity contribution is -0.132. The number of nitrogens with one attached hydrogen (secondary N) is 1. The van der Waals surface area contributed by atoms with Crippen molar-refractivity contribution in [2.75, 3.05) is 45.9 Å². The zero-order chi connectivity index (χ0) is 28.9. The molecule has 2 aromatic rings. The first-order valence-electron chi connectivity index (χ1n) is 13.7. The number of rotatable bonds is 10. The smallest absolute Gasteiger partial charge is 0.325 e. The maximum atomic E-state index is 12.3. The molecule has 2 aliphatic rings. The van der Waals surface area contributed by atoms with Gasteiger partial charge in [0.05, 0.1) is 13.2 Å². The van der Waals surface area contributed by atoms with E-state index in [9.17, 15) is 19.5 Å². The van der Waals surface area contributed by atoms with Gasteiger partial charge in [-0.25, -0.2) is 4.79 Å². The SMILES string of the molecule is CC(=O)N1CCN(Cc2ccc(OCCCN3C(=O)NC(C)(C)C3=O)cc2)CC(O)(COc2ccc(C)cc2)C1. The summed E-state index contributed by atoms with van der Waals surface area (Å²) in [7, 11) is 0. The van der Waals surface area contributed by atoms with E-state index in [4.69, 9.17) is 9.47 Å². The van der Waals surface area contributed by atoms with Crippen LogP contribution in [0.5, 0.6) is 11.5 Å². The number of nitrogens with zero attached hydrogens (tertiary/aromatic N) is 3. The van der Waals surface area contributed by atoms with Crippen molar-refractivity contribution in [3.63, 3.8) is 0 Å². The number of hydrogen-bond acceptors (Lipinski definition) is 7. The van der Waals surface area contributed by atoms with Crippen LogP contribution in [-0.2, 0) is 16.1 Å². The van der Waals surface area contributed by atoms with Gasteiger partial charge in [-0.05, 0) is 57.0 Å². The van der Waals surface area contributed by atoms with Crippen LogP contribution in [0.2, 0.25) is 0 Å². The molecule has 4 amide bonds. The predicted octanol–water partition coefficient (Wildman–Crippen LogP) is 2.57. The summed E-state index contributed by atoms with van der Waals surface area (Å²) in [5.74, 6) is 1.08. The maximum Gasteiger partial charge on any atom is 0.325 e. The quantitative estimate of drug-likeness (QED) is 0.344. The van der Waals surface area contributed by atoms with Crippen LogP contribution in [0.4, 0.5) is 4.79 Å². The first kappa shape index (κ1) is 29.4. The third-order valence-electron chi connectivity index (χ3n) is 7.23. The molecule has 2 N–H and O–H groups in total. The van der Waals surface area contributed by atoms with Crippen LogP contribution in [0.25, 0.3) is 0 Å². The van der Waals surface area contributed by atoms with E-state index in [-0.39, 0.29) is 31.0 Å². The fourth-order valence-corrected chi connectivity index (χ4v) is 4.97. The molecule has 10 heteroatoms. The summed E-state index contributed by atoms with van der Waals surface area (Å²) in [5.41, 5.74) is 0.0865. The molecule has 2 aromatic carbocycles. The molecule has 4 rings (SSSR count). The van der Waals surface area contributed by atoms with Crippen molar-refractivity contribution in [3.8, 4) is 11.5 Å². The molecule has 2 heterocycles. The summed E-state index contributed by atoms with van der Waals surface area (Å²) in [5, 5.41) is 14.2. The zero-order valence-corrected chi connectivity index (χ0v) is 23.8. The van der Waals surface area contributed by atoms with Crippen LogP contribution in [0.1, 0.15) is 38.3 Å². The molecule has 0 bridgehead atoms. The van der Waals surface area contributed by atoms with E-state index in [0.717, 1.165) is 11.1 Å². The number of β-amino-alcohol motifs (C(OH)–C–C–N with tert-alkyl or cyclic N) is 1. The summed E-state index contributed by atoms with van der Waals surface area (Å²) >= 11 is 0. The van der Waals surface area contributed by atoms with Gasteiger partial charge in [0.1, 0.15) is 29.2 Å². The Labute approximate surface area is 235 Å². The molecule has 0 radical (unpaired) electrons.